The highest BCUT2D eigenvalue weighted by atomic mass is 16.2. The number of aromatic nitrogens is 4. The maximum atomic E-state index is 12.5. The molecule has 3 aromatic rings. The summed E-state index contributed by atoms with van der Waals surface area (Å²) >= 11 is 0. The molecule has 1 fully saturated rings. The zero-order chi connectivity index (χ0) is 18.5. The van der Waals surface area contributed by atoms with E-state index in [2.05, 4.69) is 76.2 Å². The molecule has 0 atom stereocenters. The van der Waals surface area contributed by atoms with Gasteiger partial charge in [-0.05, 0) is 10.4 Å². The summed E-state index contributed by atoms with van der Waals surface area (Å²) in [6.45, 7) is 3.51. The van der Waals surface area contributed by atoms with Crippen molar-refractivity contribution in [1.82, 2.24) is 25.1 Å². The van der Waals surface area contributed by atoms with Gasteiger partial charge in [0.2, 0.25) is 5.91 Å². The lowest BCUT2D eigenvalue weighted by Crippen LogP contribution is -3.15. The van der Waals surface area contributed by atoms with E-state index in [1.54, 1.807) is 0 Å². The molecule has 7 nitrogen and oxygen atoms in total. The topological polar surface area (TPSA) is 68.4 Å². The number of quaternary nitrogens is 1. The average Bonchev–Trinajstić information content (AvgIpc) is 3.23. The van der Waals surface area contributed by atoms with Gasteiger partial charge in [0.1, 0.15) is 18.9 Å². The predicted octanol–water partition coefficient (Wildman–Crippen LogP) is 0.190. The number of rotatable bonds is 5. The molecule has 27 heavy (non-hydrogen) atoms. The molecule has 7 heteroatoms. The molecule has 4 rings (SSSR count). The molecule has 138 valence electrons. The van der Waals surface area contributed by atoms with Crippen LogP contribution < -0.4 is 4.90 Å². The van der Waals surface area contributed by atoms with Gasteiger partial charge in [0.15, 0.2) is 0 Å². The Morgan fingerprint density at radius 3 is 2.07 bits per heavy atom. The van der Waals surface area contributed by atoms with Crippen molar-refractivity contribution in [2.75, 3.05) is 26.2 Å². The molecular formula is C20H23N6O+. The number of amides is 1. The van der Waals surface area contributed by atoms with Crippen LogP contribution in [0.15, 0.2) is 67.0 Å². The molecule has 0 bridgehead atoms. The van der Waals surface area contributed by atoms with Crippen LogP contribution in [0.1, 0.15) is 17.2 Å². The maximum absolute atomic E-state index is 12.5. The summed E-state index contributed by atoms with van der Waals surface area (Å²) in [6, 6.07) is 21.5. The van der Waals surface area contributed by atoms with Crippen molar-refractivity contribution in [3.05, 3.63) is 78.1 Å². The maximum Gasteiger partial charge on any atom is 0.244 e. The number of nitrogens with zero attached hydrogens (tertiary/aromatic N) is 5. The first-order chi connectivity index (χ1) is 13.3. The van der Waals surface area contributed by atoms with Gasteiger partial charge in [-0.2, -0.15) is 0 Å². The average molecular weight is 363 g/mol. The first-order valence-electron chi connectivity index (χ1n) is 9.24. The Labute approximate surface area is 158 Å². The van der Waals surface area contributed by atoms with Crippen molar-refractivity contribution < 1.29 is 9.69 Å². The van der Waals surface area contributed by atoms with Gasteiger partial charge in [-0.1, -0.05) is 60.7 Å². The van der Waals surface area contributed by atoms with Gasteiger partial charge in [0, 0.05) is 11.1 Å². The van der Waals surface area contributed by atoms with E-state index in [4.69, 9.17) is 0 Å². The van der Waals surface area contributed by atoms with Crippen molar-refractivity contribution in [1.29, 1.82) is 0 Å². The van der Waals surface area contributed by atoms with Gasteiger partial charge in [-0.15, -0.1) is 5.10 Å². The molecular weight excluding hydrogens is 340 g/mol. The van der Waals surface area contributed by atoms with Crippen LogP contribution in [0.5, 0.6) is 0 Å². The first-order valence-corrected chi connectivity index (χ1v) is 9.24. The number of piperazine rings is 1. The zero-order valence-corrected chi connectivity index (χ0v) is 15.1. The Hall–Kier alpha value is -3.06. The summed E-state index contributed by atoms with van der Waals surface area (Å²) in [6.07, 6.45) is 1.47. The molecule has 0 aliphatic carbocycles. The monoisotopic (exact) mass is 363 g/mol. The zero-order valence-electron chi connectivity index (χ0n) is 15.1. The lowest BCUT2D eigenvalue weighted by atomic mass is 9.96. The Balaban J connectivity index is 1.46. The van der Waals surface area contributed by atoms with Crippen molar-refractivity contribution >= 4 is 5.91 Å². The molecule has 0 unspecified atom stereocenters. The molecule has 0 radical (unpaired) electrons. The fourth-order valence-corrected chi connectivity index (χ4v) is 3.78. The highest BCUT2D eigenvalue weighted by Gasteiger charge is 2.31. The fourth-order valence-electron chi connectivity index (χ4n) is 3.78. The van der Waals surface area contributed by atoms with Gasteiger partial charge in [-0.25, -0.2) is 4.68 Å². The Morgan fingerprint density at radius 1 is 0.963 bits per heavy atom. The molecule has 1 aliphatic heterocycles. The minimum atomic E-state index is 0.0670. The van der Waals surface area contributed by atoms with Crippen LogP contribution in [-0.2, 0) is 11.3 Å². The van der Waals surface area contributed by atoms with E-state index in [-0.39, 0.29) is 18.5 Å². The normalized spacial score (nSPS) is 15.2. The fraction of sp³-hybridized carbons (Fsp3) is 0.300. The highest BCUT2D eigenvalue weighted by molar-refractivity contribution is 5.75. The van der Waals surface area contributed by atoms with E-state index in [9.17, 15) is 4.79 Å². The Bertz CT molecular complexity index is 805. The van der Waals surface area contributed by atoms with Crippen molar-refractivity contribution in [2.45, 2.75) is 12.6 Å². The smallest absolute Gasteiger partial charge is 0.244 e. The highest BCUT2D eigenvalue weighted by Crippen LogP contribution is 2.19. The van der Waals surface area contributed by atoms with Gasteiger partial charge in [0.25, 0.3) is 0 Å². The van der Waals surface area contributed by atoms with Crippen molar-refractivity contribution in [2.24, 2.45) is 0 Å². The summed E-state index contributed by atoms with van der Waals surface area (Å²) in [7, 11) is 0. The van der Waals surface area contributed by atoms with Gasteiger partial charge < -0.3 is 9.80 Å². The van der Waals surface area contributed by atoms with Crippen LogP contribution in [0, 0.1) is 0 Å². The standard InChI is InChI=1S/C20H22N6O/c27-19(15-26-16-21-22-23-26)24-11-13-25(14-12-24)20(17-7-3-1-4-8-17)18-9-5-2-6-10-18/h1-10,16,20H,11-15H2/p+1. The second-order valence-electron chi connectivity index (χ2n) is 6.80. The second kappa shape index (κ2) is 8.09. The quantitative estimate of drug-likeness (QED) is 0.703. The summed E-state index contributed by atoms with van der Waals surface area (Å²) < 4.78 is 1.47. The van der Waals surface area contributed by atoms with Crippen molar-refractivity contribution in [3.63, 3.8) is 0 Å². The summed E-state index contributed by atoms with van der Waals surface area (Å²) in [4.78, 5) is 15.9. The molecule has 2 heterocycles. The third kappa shape index (κ3) is 4.03. The Kier molecular flexibility index (Phi) is 5.20. The molecule has 0 saturated carbocycles. The van der Waals surface area contributed by atoms with Gasteiger partial charge >= 0.3 is 0 Å². The minimum Gasteiger partial charge on any atom is -0.330 e. The van der Waals surface area contributed by atoms with Crippen LogP contribution in [0.25, 0.3) is 0 Å². The summed E-state index contributed by atoms with van der Waals surface area (Å²) in [5.74, 6) is 0.0670. The molecule has 1 aromatic heterocycles. The summed E-state index contributed by atoms with van der Waals surface area (Å²) in [5, 5.41) is 10.9. The van der Waals surface area contributed by atoms with E-state index in [0.717, 1.165) is 26.2 Å². The largest absolute Gasteiger partial charge is 0.330 e. The number of tetrazole rings is 1. The minimum absolute atomic E-state index is 0.0670. The van der Waals surface area contributed by atoms with Gasteiger partial charge in [-0.3, -0.25) is 4.79 Å². The third-order valence-electron chi connectivity index (χ3n) is 5.12. The first kappa shape index (κ1) is 17.4. The number of carbonyl (C=O) groups excluding carboxylic acids is 1. The van der Waals surface area contributed by atoms with E-state index < -0.39 is 0 Å². The number of hydrogen-bond donors (Lipinski definition) is 1. The number of carbonyl (C=O) groups is 1. The predicted molar refractivity (Wildman–Crippen MR) is 99.8 cm³/mol. The number of benzene rings is 2. The van der Waals surface area contributed by atoms with E-state index in [1.807, 2.05) is 4.90 Å². The molecule has 0 spiro atoms. The van der Waals surface area contributed by atoms with Crippen LogP contribution in [0.3, 0.4) is 0 Å². The second-order valence-corrected chi connectivity index (χ2v) is 6.80. The van der Waals surface area contributed by atoms with Gasteiger partial charge in [0.05, 0.1) is 26.2 Å². The molecule has 1 N–H and O–H groups in total. The SMILES string of the molecule is O=C(Cn1cnnn1)N1CC[NH+](C(c2ccccc2)c2ccccc2)CC1. The van der Waals surface area contributed by atoms with E-state index in [0.29, 0.717) is 0 Å². The van der Waals surface area contributed by atoms with Crippen molar-refractivity contribution in [3.8, 4) is 0 Å². The van der Waals surface area contributed by atoms with E-state index in [1.165, 1.54) is 27.0 Å². The summed E-state index contributed by atoms with van der Waals surface area (Å²) in [5.41, 5.74) is 2.62. The van der Waals surface area contributed by atoms with Crippen LogP contribution in [0.2, 0.25) is 0 Å². The number of hydrogen-bond acceptors (Lipinski definition) is 4. The number of nitrogens with one attached hydrogen (secondary N) is 1. The third-order valence-corrected chi connectivity index (χ3v) is 5.12. The lowest BCUT2D eigenvalue weighted by Gasteiger charge is -2.37. The lowest BCUT2D eigenvalue weighted by molar-refractivity contribution is -0.929. The van der Waals surface area contributed by atoms with Crippen LogP contribution >= 0.6 is 0 Å². The molecule has 1 amide bonds. The van der Waals surface area contributed by atoms with E-state index >= 15 is 0 Å². The van der Waals surface area contributed by atoms with Crippen LogP contribution in [-0.4, -0.2) is 57.2 Å². The molecule has 2 aromatic carbocycles. The molecule has 1 aliphatic rings. The Morgan fingerprint density at radius 2 is 1.56 bits per heavy atom. The molecule has 1 saturated heterocycles. The van der Waals surface area contributed by atoms with Crippen LogP contribution in [0.4, 0.5) is 0 Å².